The van der Waals surface area contributed by atoms with Crippen molar-refractivity contribution in [2.24, 2.45) is 0 Å². The molecule has 2 aromatic carbocycles. The largest absolute Gasteiger partial charge is 0.378 e. The van der Waals surface area contributed by atoms with Crippen LogP contribution in [0.15, 0.2) is 48.5 Å². The zero-order valence-corrected chi connectivity index (χ0v) is 18.8. The summed E-state index contributed by atoms with van der Waals surface area (Å²) in [5.74, 6) is 0. The summed E-state index contributed by atoms with van der Waals surface area (Å²) in [7, 11) is 6.24. The van der Waals surface area contributed by atoms with Crippen LogP contribution in [0, 0.1) is 0 Å². The molecule has 1 heterocycles. The van der Waals surface area contributed by atoms with Crippen molar-refractivity contribution in [2.75, 3.05) is 58.8 Å². The average Bonchev–Trinajstić information content (AvgIpc) is 2.75. The van der Waals surface area contributed by atoms with E-state index in [0.717, 1.165) is 31.7 Å². The van der Waals surface area contributed by atoms with Crippen molar-refractivity contribution in [3.05, 3.63) is 64.7 Å². The van der Waals surface area contributed by atoms with Crippen LogP contribution in [0.2, 0.25) is 5.02 Å². The van der Waals surface area contributed by atoms with Crippen LogP contribution in [0.1, 0.15) is 17.2 Å². The van der Waals surface area contributed by atoms with Crippen LogP contribution in [0.4, 0.5) is 10.5 Å². The van der Waals surface area contributed by atoms with Gasteiger partial charge in [-0.2, -0.15) is 0 Å². The molecule has 1 saturated heterocycles. The zero-order valence-electron chi connectivity index (χ0n) is 18.1. The third-order valence-corrected chi connectivity index (χ3v) is 5.85. The standard InChI is InChI=1S/C23H32ClN5O/c1-27(2)21-10-6-19(7-11-21)22(29-14-12-28(3)13-15-29)17-26-23(30)25-16-18-4-8-20(24)9-5-18/h4-11,22H,12-17H2,1-3H3,(H2,25,26,30). The van der Waals surface area contributed by atoms with Gasteiger partial charge in [-0.3, -0.25) is 4.90 Å². The Hall–Kier alpha value is -2.28. The number of amides is 2. The summed E-state index contributed by atoms with van der Waals surface area (Å²) in [5, 5.41) is 6.69. The number of carbonyl (C=O) groups is 1. The summed E-state index contributed by atoms with van der Waals surface area (Å²) >= 11 is 5.92. The van der Waals surface area contributed by atoms with E-state index < -0.39 is 0 Å². The second kappa shape index (κ2) is 10.7. The molecule has 2 N–H and O–H groups in total. The summed E-state index contributed by atoms with van der Waals surface area (Å²) in [6, 6.07) is 16.1. The quantitative estimate of drug-likeness (QED) is 0.709. The SMILES string of the molecule is CN1CCN(C(CNC(=O)NCc2ccc(Cl)cc2)c2ccc(N(C)C)cc2)CC1. The molecule has 0 bridgehead atoms. The summed E-state index contributed by atoms with van der Waals surface area (Å²) in [4.78, 5) is 19.3. The van der Waals surface area contributed by atoms with Crippen molar-refractivity contribution >= 4 is 23.3 Å². The number of nitrogens with zero attached hydrogens (tertiary/aromatic N) is 3. The molecule has 2 aromatic rings. The summed E-state index contributed by atoms with van der Waals surface area (Å²) < 4.78 is 0. The van der Waals surface area contributed by atoms with Gasteiger partial charge in [0.15, 0.2) is 0 Å². The molecule has 3 rings (SSSR count). The van der Waals surface area contributed by atoms with Crippen molar-refractivity contribution in [1.82, 2.24) is 20.4 Å². The Labute approximate surface area is 184 Å². The van der Waals surface area contributed by atoms with Gasteiger partial charge >= 0.3 is 6.03 Å². The molecular formula is C23H32ClN5O. The number of hydrogen-bond donors (Lipinski definition) is 2. The molecule has 1 aliphatic heterocycles. The van der Waals surface area contributed by atoms with Crippen molar-refractivity contribution in [2.45, 2.75) is 12.6 Å². The molecule has 2 amide bonds. The lowest BCUT2D eigenvalue weighted by atomic mass is 10.0. The first kappa shape index (κ1) is 22.4. The molecule has 1 aliphatic rings. The first-order chi connectivity index (χ1) is 14.4. The fourth-order valence-electron chi connectivity index (χ4n) is 3.62. The fourth-order valence-corrected chi connectivity index (χ4v) is 3.75. The minimum atomic E-state index is -0.158. The highest BCUT2D eigenvalue weighted by atomic mass is 35.5. The number of nitrogens with one attached hydrogen (secondary N) is 2. The van der Waals surface area contributed by atoms with Crippen LogP contribution in [0.25, 0.3) is 0 Å². The predicted molar refractivity (Wildman–Crippen MR) is 124 cm³/mol. The monoisotopic (exact) mass is 429 g/mol. The van der Waals surface area contributed by atoms with Gasteiger partial charge in [-0.15, -0.1) is 0 Å². The van der Waals surface area contributed by atoms with E-state index in [2.05, 4.69) is 56.6 Å². The van der Waals surface area contributed by atoms with Gasteiger partial charge in [-0.05, 0) is 42.4 Å². The van der Waals surface area contributed by atoms with Gasteiger partial charge in [0.05, 0.1) is 6.04 Å². The molecule has 0 aromatic heterocycles. The van der Waals surface area contributed by atoms with Gasteiger partial charge in [0, 0.05) is 64.1 Å². The van der Waals surface area contributed by atoms with Crippen molar-refractivity contribution < 1.29 is 4.79 Å². The number of hydrogen-bond acceptors (Lipinski definition) is 4. The minimum Gasteiger partial charge on any atom is -0.378 e. The zero-order chi connectivity index (χ0) is 21.5. The van der Waals surface area contributed by atoms with E-state index in [4.69, 9.17) is 11.6 Å². The number of benzene rings is 2. The molecule has 6 nitrogen and oxygen atoms in total. The molecule has 0 saturated carbocycles. The Bertz CT molecular complexity index is 801. The first-order valence-electron chi connectivity index (χ1n) is 10.4. The fraction of sp³-hybridized carbons (Fsp3) is 0.435. The predicted octanol–water partition coefficient (Wildman–Crippen LogP) is 3.19. The van der Waals surface area contributed by atoms with E-state index in [1.54, 1.807) is 0 Å². The van der Waals surface area contributed by atoms with Crippen LogP contribution in [0.3, 0.4) is 0 Å². The van der Waals surface area contributed by atoms with Gasteiger partial charge in [0.1, 0.15) is 0 Å². The van der Waals surface area contributed by atoms with E-state index in [-0.39, 0.29) is 12.1 Å². The number of carbonyl (C=O) groups excluding carboxylic acids is 1. The highest BCUT2D eigenvalue weighted by Gasteiger charge is 2.24. The Morgan fingerprint density at radius 3 is 2.23 bits per heavy atom. The van der Waals surface area contributed by atoms with E-state index in [0.29, 0.717) is 18.1 Å². The van der Waals surface area contributed by atoms with Gasteiger partial charge in [0.25, 0.3) is 0 Å². The lowest BCUT2D eigenvalue weighted by Gasteiger charge is -2.38. The number of piperazine rings is 1. The molecule has 7 heteroatoms. The molecule has 1 unspecified atom stereocenters. The summed E-state index contributed by atoms with van der Waals surface area (Å²) in [6.07, 6.45) is 0. The Morgan fingerprint density at radius 2 is 1.63 bits per heavy atom. The number of urea groups is 1. The maximum atomic E-state index is 12.4. The van der Waals surface area contributed by atoms with Crippen LogP contribution >= 0.6 is 11.6 Å². The maximum absolute atomic E-state index is 12.4. The van der Waals surface area contributed by atoms with Crippen molar-refractivity contribution in [3.8, 4) is 0 Å². The second-order valence-corrected chi connectivity index (χ2v) is 8.47. The third-order valence-electron chi connectivity index (χ3n) is 5.60. The smallest absolute Gasteiger partial charge is 0.315 e. The molecule has 1 fully saturated rings. The van der Waals surface area contributed by atoms with Gasteiger partial charge in [-0.1, -0.05) is 35.9 Å². The number of likely N-dealkylation sites (N-methyl/N-ethyl adjacent to an activating group) is 1. The van der Waals surface area contributed by atoms with Crippen LogP contribution in [-0.2, 0) is 6.54 Å². The van der Waals surface area contributed by atoms with Crippen molar-refractivity contribution in [1.29, 1.82) is 0 Å². The van der Waals surface area contributed by atoms with Crippen molar-refractivity contribution in [3.63, 3.8) is 0 Å². The maximum Gasteiger partial charge on any atom is 0.315 e. The summed E-state index contributed by atoms with van der Waals surface area (Å²) in [6.45, 7) is 5.09. The summed E-state index contributed by atoms with van der Waals surface area (Å²) in [5.41, 5.74) is 3.41. The molecular weight excluding hydrogens is 398 g/mol. The number of halogens is 1. The highest BCUT2D eigenvalue weighted by Crippen LogP contribution is 2.24. The third kappa shape index (κ3) is 6.36. The second-order valence-electron chi connectivity index (χ2n) is 8.03. The highest BCUT2D eigenvalue weighted by molar-refractivity contribution is 6.30. The van der Waals surface area contributed by atoms with E-state index >= 15 is 0 Å². The van der Waals surface area contributed by atoms with Crippen LogP contribution in [0.5, 0.6) is 0 Å². The van der Waals surface area contributed by atoms with E-state index in [1.165, 1.54) is 11.3 Å². The Morgan fingerprint density at radius 1 is 1.00 bits per heavy atom. The lowest BCUT2D eigenvalue weighted by molar-refractivity contribution is 0.111. The number of rotatable bonds is 7. The van der Waals surface area contributed by atoms with Crippen LogP contribution in [-0.4, -0.2) is 69.7 Å². The lowest BCUT2D eigenvalue weighted by Crippen LogP contribution is -2.49. The normalized spacial score (nSPS) is 16.1. The first-order valence-corrected chi connectivity index (χ1v) is 10.8. The molecule has 0 aliphatic carbocycles. The van der Waals surface area contributed by atoms with Crippen LogP contribution < -0.4 is 15.5 Å². The van der Waals surface area contributed by atoms with E-state index in [9.17, 15) is 4.79 Å². The topological polar surface area (TPSA) is 50.9 Å². The molecule has 30 heavy (non-hydrogen) atoms. The van der Waals surface area contributed by atoms with Gasteiger partial charge < -0.3 is 20.4 Å². The molecule has 0 radical (unpaired) electrons. The van der Waals surface area contributed by atoms with Gasteiger partial charge in [-0.25, -0.2) is 4.79 Å². The minimum absolute atomic E-state index is 0.149. The molecule has 1 atom stereocenters. The molecule has 162 valence electrons. The number of anilines is 1. The Kier molecular flexibility index (Phi) is 7.96. The van der Waals surface area contributed by atoms with Gasteiger partial charge in [0.2, 0.25) is 0 Å². The average molecular weight is 430 g/mol. The Balaban J connectivity index is 1.61. The molecule has 0 spiro atoms. The van der Waals surface area contributed by atoms with E-state index in [1.807, 2.05) is 38.4 Å².